The van der Waals surface area contributed by atoms with Crippen LogP contribution >= 0.6 is 0 Å². The van der Waals surface area contributed by atoms with Crippen molar-refractivity contribution in [2.24, 2.45) is 0 Å². The molecule has 5 nitrogen and oxygen atoms in total. The Bertz CT molecular complexity index is 903. The lowest BCUT2D eigenvalue weighted by Gasteiger charge is -2.17. The molecule has 126 valence electrons. The fourth-order valence-electron chi connectivity index (χ4n) is 2.21. The van der Waals surface area contributed by atoms with Crippen LogP contribution in [0.3, 0.4) is 0 Å². The molecule has 0 fully saturated rings. The van der Waals surface area contributed by atoms with E-state index in [0.29, 0.717) is 11.5 Å². The SMILES string of the molecule is CN(C(=O)c1cc(Nc2ccc(F)c(F)c2)ncn1)c1ccccc1. The molecule has 1 amide bonds. The number of nitrogens with zero attached hydrogens (tertiary/aromatic N) is 3. The number of para-hydroxylation sites is 1. The first-order chi connectivity index (χ1) is 12.0. The van der Waals surface area contributed by atoms with E-state index in [0.717, 1.165) is 17.8 Å². The second-order valence-corrected chi connectivity index (χ2v) is 5.24. The van der Waals surface area contributed by atoms with E-state index in [-0.39, 0.29) is 11.6 Å². The molecule has 2 aromatic carbocycles. The topological polar surface area (TPSA) is 58.1 Å². The van der Waals surface area contributed by atoms with Crippen molar-refractivity contribution in [3.05, 3.63) is 78.3 Å². The lowest BCUT2D eigenvalue weighted by atomic mass is 10.2. The molecule has 1 aromatic heterocycles. The summed E-state index contributed by atoms with van der Waals surface area (Å²) in [5.74, 6) is -1.93. The smallest absolute Gasteiger partial charge is 0.276 e. The molecule has 25 heavy (non-hydrogen) atoms. The van der Waals surface area contributed by atoms with Crippen LogP contribution in [0.15, 0.2) is 60.9 Å². The summed E-state index contributed by atoms with van der Waals surface area (Å²) in [5, 5.41) is 2.82. The summed E-state index contributed by atoms with van der Waals surface area (Å²) in [5.41, 5.74) is 1.21. The Balaban J connectivity index is 1.81. The molecule has 0 bridgehead atoms. The number of anilines is 3. The van der Waals surface area contributed by atoms with Gasteiger partial charge in [0.05, 0.1) is 0 Å². The maximum Gasteiger partial charge on any atom is 0.276 e. The van der Waals surface area contributed by atoms with Crippen molar-refractivity contribution in [2.45, 2.75) is 0 Å². The number of carbonyl (C=O) groups excluding carboxylic acids is 1. The molecule has 0 aliphatic carbocycles. The predicted octanol–water partition coefficient (Wildman–Crippen LogP) is 3.78. The van der Waals surface area contributed by atoms with E-state index < -0.39 is 11.6 Å². The van der Waals surface area contributed by atoms with Gasteiger partial charge in [0.25, 0.3) is 5.91 Å². The van der Waals surface area contributed by atoms with E-state index in [2.05, 4.69) is 15.3 Å². The standard InChI is InChI=1S/C18H14F2N4O/c1-24(13-5-3-2-4-6-13)18(25)16-10-17(22-11-21-16)23-12-7-8-14(19)15(20)9-12/h2-11H,1H3,(H,21,22,23). The number of nitrogens with one attached hydrogen (secondary N) is 1. The van der Waals surface area contributed by atoms with Crippen molar-refractivity contribution in [3.63, 3.8) is 0 Å². The largest absolute Gasteiger partial charge is 0.340 e. The van der Waals surface area contributed by atoms with Crippen LogP contribution in [0.2, 0.25) is 0 Å². The molecule has 0 radical (unpaired) electrons. The van der Waals surface area contributed by atoms with Gasteiger partial charge in [-0.15, -0.1) is 0 Å². The Morgan fingerprint density at radius 1 is 1.00 bits per heavy atom. The number of hydrogen-bond acceptors (Lipinski definition) is 4. The van der Waals surface area contributed by atoms with Gasteiger partial charge in [-0.1, -0.05) is 18.2 Å². The molecule has 0 spiro atoms. The van der Waals surface area contributed by atoms with Gasteiger partial charge in [-0.2, -0.15) is 0 Å². The molecular weight excluding hydrogens is 326 g/mol. The summed E-state index contributed by atoms with van der Waals surface area (Å²) < 4.78 is 26.3. The third kappa shape index (κ3) is 3.77. The monoisotopic (exact) mass is 340 g/mol. The Labute approximate surface area is 143 Å². The van der Waals surface area contributed by atoms with Gasteiger partial charge in [-0.25, -0.2) is 18.7 Å². The maximum atomic E-state index is 13.3. The summed E-state index contributed by atoms with van der Waals surface area (Å²) in [4.78, 5) is 22.0. The normalized spacial score (nSPS) is 10.4. The van der Waals surface area contributed by atoms with Gasteiger partial charge >= 0.3 is 0 Å². The first-order valence-electron chi connectivity index (χ1n) is 7.42. The lowest BCUT2D eigenvalue weighted by Crippen LogP contribution is -2.27. The third-order valence-electron chi connectivity index (χ3n) is 3.53. The van der Waals surface area contributed by atoms with E-state index in [1.165, 1.54) is 23.4 Å². The average Bonchev–Trinajstić information content (AvgIpc) is 2.64. The number of halogens is 2. The zero-order valence-electron chi connectivity index (χ0n) is 13.3. The molecule has 1 N–H and O–H groups in total. The van der Waals surface area contributed by atoms with E-state index in [1.54, 1.807) is 19.2 Å². The minimum atomic E-state index is -0.973. The van der Waals surface area contributed by atoms with Crippen molar-refractivity contribution in [1.29, 1.82) is 0 Å². The molecule has 0 aliphatic rings. The fourth-order valence-corrected chi connectivity index (χ4v) is 2.21. The van der Waals surface area contributed by atoms with Gasteiger partial charge in [0.1, 0.15) is 17.8 Å². The quantitative estimate of drug-likeness (QED) is 0.785. The number of rotatable bonds is 4. The Morgan fingerprint density at radius 2 is 1.76 bits per heavy atom. The zero-order valence-corrected chi connectivity index (χ0v) is 13.3. The highest BCUT2D eigenvalue weighted by Crippen LogP contribution is 2.19. The summed E-state index contributed by atoms with van der Waals surface area (Å²) in [6.07, 6.45) is 1.23. The van der Waals surface area contributed by atoms with Crippen LogP contribution in [0.1, 0.15) is 10.5 Å². The molecule has 0 unspecified atom stereocenters. The van der Waals surface area contributed by atoms with Gasteiger partial charge in [0.15, 0.2) is 11.6 Å². The van der Waals surface area contributed by atoms with Crippen molar-refractivity contribution in [3.8, 4) is 0 Å². The first kappa shape index (κ1) is 16.5. The highest BCUT2D eigenvalue weighted by atomic mass is 19.2. The van der Waals surface area contributed by atoms with E-state index in [1.807, 2.05) is 18.2 Å². The Morgan fingerprint density at radius 3 is 2.48 bits per heavy atom. The highest BCUT2D eigenvalue weighted by Gasteiger charge is 2.15. The minimum absolute atomic E-state index is 0.173. The second kappa shape index (κ2) is 7.04. The van der Waals surface area contributed by atoms with Crippen LogP contribution in [-0.4, -0.2) is 22.9 Å². The van der Waals surface area contributed by atoms with Crippen LogP contribution in [0.25, 0.3) is 0 Å². The Hall–Kier alpha value is -3.35. The summed E-state index contributed by atoms with van der Waals surface area (Å²) in [7, 11) is 1.64. The molecule has 1 heterocycles. The predicted molar refractivity (Wildman–Crippen MR) is 90.8 cm³/mol. The van der Waals surface area contributed by atoms with Crippen LogP contribution in [-0.2, 0) is 0 Å². The van der Waals surface area contributed by atoms with Gasteiger partial charge in [-0.05, 0) is 24.3 Å². The van der Waals surface area contributed by atoms with Gasteiger partial charge < -0.3 is 10.2 Å². The molecule has 7 heteroatoms. The zero-order chi connectivity index (χ0) is 17.8. The van der Waals surface area contributed by atoms with Crippen molar-refractivity contribution in [2.75, 3.05) is 17.3 Å². The lowest BCUT2D eigenvalue weighted by molar-refractivity contribution is 0.0988. The second-order valence-electron chi connectivity index (χ2n) is 5.24. The molecule has 3 aromatic rings. The number of carbonyl (C=O) groups is 1. The van der Waals surface area contributed by atoms with E-state index in [4.69, 9.17) is 0 Å². The van der Waals surface area contributed by atoms with Crippen molar-refractivity contribution >= 4 is 23.1 Å². The summed E-state index contributed by atoms with van der Waals surface area (Å²) >= 11 is 0. The number of amides is 1. The molecule has 0 saturated carbocycles. The third-order valence-corrected chi connectivity index (χ3v) is 3.53. The molecule has 3 rings (SSSR count). The Kier molecular flexibility index (Phi) is 4.65. The van der Waals surface area contributed by atoms with Crippen LogP contribution in [0, 0.1) is 11.6 Å². The molecule has 0 saturated heterocycles. The highest BCUT2D eigenvalue weighted by molar-refractivity contribution is 6.04. The van der Waals surface area contributed by atoms with Gasteiger partial charge in [0.2, 0.25) is 0 Å². The van der Waals surface area contributed by atoms with Gasteiger partial charge in [0, 0.05) is 30.6 Å². The molecule has 0 atom stereocenters. The fraction of sp³-hybridized carbons (Fsp3) is 0.0556. The van der Waals surface area contributed by atoms with E-state index >= 15 is 0 Å². The average molecular weight is 340 g/mol. The van der Waals surface area contributed by atoms with Gasteiger partial charge in [-0.3, -0.25) is 4.79 Å². The number of aromatic nitrogens is 2. The maximum absolute atomic E-state index is 13.3. The number of hydrogen-bond donors (Lipinski definition) is 1. The summed E-state index contributed by atoms with van der Waals surface area (Å²) in [6.45, 7) is 0. The van der Waals surface area contributed by atoms with Crippen molar-refractivity contribution < 1.29 is 13.6 Å². The van der Waals surface area contributed by atoms with E-state index in [9.17, 15) is 13.6 Å². The van der Waals surface area contributed by atoms with Crippen LogP contribution in [0.4, 0.5) is 26.0 Å². The molecular formula is C18H14F2N4O. The van der Waals surface area contributed by atoms with Crippen molar-refractivity contribution in [1.82, 2.24) is 9.97 Å². The van der Waals surface area contributed by atoms with Crippen LogP contribution < -0.4 is 10.2 Å². The van der Waals surface area contributed by atoms with Crippen LogP contribution in [0.5, 0.6) is 0 Å². The minimum Gasteiger partial charge on any atom is -0.340 e. The summed E-state index contributed by atoms with van der Waals surface area (Å²) in [6, 6.07) is 14.0. The molecule has 0 aliphatic heterocycles. The number of benzene rings is 2. The first-order valence-corrected chi connectivity index (χ1v) is 7.42.